The van der Waals surface area contributed by atoms with E-state index in [0.717, 1.165) is 35.4 Å². The number of rotatable bonds is 8. The third-order valence-electron chi connectivity index (χ3n) is 6.39. The lowest BCUT2D eigenvalue weighted by Crippen LogP contribution is -2.25. The van der Waals surface area contributed by atoms with E-state index in [2.05, 4.69) is 20.6 Å². The van der Waals surface area contributed by atoms with Gasteiger partial charge in [-0.2, -0.15) is 0 Å². The van der Waals surface area contributed by atoms with E-state index >= 15 is 0 Å². The molecule has 1 unspecified atom stereocenters. The Bertz CT molecular complexity index is 1300. The smallest absolute Gasteiger partial charge is 0.338 e. The highest BCUT2D eigenvalue weighted by Gasteiger charge is 2.27. The molecule has 1 heterocycles. The number of hydrogen-bond donors (Lipinski definition) is 2. The Morgan fingerprint density at radius 2 is 1.89 bits per heavy atom. The molecule has 194 valence electrons. The molecule has 2 N–H and O–H groups in total. The van der Waals surface area contributed by atoms with Crippen LogP contribution in [0, 0.1) is 6.92 Å². The molecular weight excluding hydrogens is 468 g/mol. The standard InChI is InChI=1S/C29H34N4O4/c1-18-22-11-12-25(24(22)10-9-23(18)28(35)37-29(2,3)4)30-16-20-14-26(33-17-32-20)27(34)31-15-19-7-6-8-21(13-19)36-5/h6-10,13-14,17,25,30H,11-12,15-16H2,1-5H3,(H,31,34). The molecule has 0 bridgehead atoms. The Morgan fingerprint density at radius 1 is 1.08 bits per heavy atom. The number of methoxy groups -OCH3 is 1. The van der Waals surface area contributed by atoms with Gasteiger partial charge in [0, 0.05) is 19.1 Å². The van der Waals surface area contributed by atoms with Crippen molar-refractivity contribution in [3.8, 4) is 5.75 Å². The van der Waals surface area contributed by atoms with Gasteiger partial charge in [-0.15, -0.1) is 0 Å². The van der Waals surface area contributed by atoms with Gasteiger partial charge in [0.25, 0.3) is 5.91 Å². The second-order valence-electron chi connectivity index (χ2n) is 10.2. The quantitative estimate of drug-likeness (QED) is 0.439. The Balaban J connectivity index is 1.37. The second-order valence-corrected chi connectivity index (χ2v) is 10.2. The van der Waals surface area contributed by atoms with Crippen molar-refractivity contribution in [2.45, 2.75) is 65.3 Å². The van der Waals surface area contributed by atoms with Crippen molar-refractivity contribution in [1.29, 1.82) is 0 Å². The first-order valence-corrected chi connectivity index (χ1v) is 12.5. The summed E-state index contributed by atoms with van der Waals surface area (Å²) in [4.78, 5) is 33.8. The van der Waals surface area contributed by atoms with Crippen LogP contribution >= 0.6 is 0 Å². The van der Waals surface area contributed by atoms with Gasteiger partial charge in [-0.05, 0) is 87.1 Å². The molecule has 2 aromatic carbocycles. The summed E-state index contributed by atoms with van der Waals surface area (Å²) in [5.74, 6) is 0.192. The predicted octanol–water partition coefficient (Wildman–Crippen LogP) is 4.46. The number of fused-ring (bicyclic) bond motifs is 1. The molecule has 1 aliphatic carbocycles. The molecule has 0 spiro atoms. The molecule has 0 fully saturated rings. The maximum Gasteiger partial charge on any atom is 0.338 e. The molecule has 0 saturated carbocycles. The lowest BCUT2D eigenvalue weighted by molar-refractivity contribution is 0.00685. The number of ether oxygens (including phenoxy) is 2. The highest BCUT2D eigenvalue weighted by molar-refractivity contribution is 5.92. The number of nitrogens with zero attached hydrogens (tertiary/aromatic N) is 2. The Morgan fingerprint density at radius 3 is 2.65 bits per heavy atom. The van der Waals surface area contributed by atoms with Gasteiger partial charge in [0.05, 0.1) is 18.4 Å². The largest absolute Gasteiger partial charge is 0.497 e. The van der Waals surface area contributed by atoms with Gasteiger partial charge in [0.2, 0.25) is 0 Å². The lowest BCUT2D eigenvalue weighted by atomic mass is 9.97. The van der Waals surface area contributed by atoms with Gasteiger partial charge in [-0.3, -0.25) is 4.79 Å². The van der Waals surface area contributed by atoms with Gasteiger partial charge in [0.1, 0.15) is 23.4 Å². The van der Waals surface area contributed by atoms with E-state index in [1.165, 1.54) is 17.5 Å². The number of hydrogen-bond acceptors (Lipinski definition) is 7. The number of amides is 1. The van der Waals surface area contributed by atoms with Gasteiger partial charge < -0.3 is 20.1 Å². The van der Waals surface area contributed by atoms with Crippen molar-refractivity contribution in [3.05, 3.63) is 88.0 Å². The monoisotopic (exact) mass is 502 g/mol. The average molecular weight is 503 g/mol. The van der Waals surface area contributed by atoms with E-state index in [0.29, 0.717) is 24.3 Å². The van der Waals surface area contributed by atoms with Crippen molar-refractivity contribution < 1.29 is 19.1 Å². The summed E-state index contributed by atoms with van der Waals surface area (Å²) in [6.45, 7) is 8.47. The summed E-state index contributed by atoms with van der Waals surface area (Å²) in [6.07, 6.45) is 3.22. The number of benzene rings is 2. The fourth-order valence-electron chi connectivity index (χ4n) is 4.55. The Labute approximate surface area is 217 Å². The van der Waals surface area contributed by atoms with Gasteiger partial charge in [-0.1, -0.05) is 18.2 Å². The topological polar surface area (TPSA) is 102 Å². The van der Waals surface area contributed by atoms with Crippen LogP contribution in [0.1, 0.15) is 82.0 Å². The van der Waals surface area contributed by atoms with Crippen molar-refractivity contribution in [3.63, 3.8) is 0 Å². The normalized spacial score (nSPS) is 14.7. The summed E-state index contributed by atoms with van der Waals surface area (Å²) >= 11 is 0. The summed E-state index contributed by atoms with van der Waals surface area (Å²) in [7, 11) is 1.61. The van der Waals surface area contributed by atoms with Crippen molar-refractivity contribution in [1.82, 2.24) is 20.6 Å². The number of aromatic nitrogens is 2. The molecule has 0 radical (unpaired) electrons. The van der Waals surface area contributed by atoms with Crippen LogP contribution in [0.25, 0.3) is 0 Å². The van der Waals surface area contributed by atoms with Crippen LogP contribution in [-0.4, -0.2) is 34.6 Å². The van der Waals surface area contributed by atoms with E-state index in [4.69, 9.17) is 9.47 Å². The van der Waals surface area contributed by atoms with Crippen LogP contribution in [0.5, 0.6) is 5.75 Å². The highest BCUT2D eigenvalue weighted by atomic mass is 16.6. The highest BCUT2D eigenvalue weighted by Crippen LogP contribution is 2.35. The van der Waals surface area contributed by atoms with E-state index in [1.54, 1.807) is 13.2 Å². The minimum absolute atomic E-state index is 0.140. The van der Waals surface area contributed by atoms with Crippen LogP contribution in [0.15, 0.2) is 48.8 Å². The zero-order valence-corrected chi connectivity index (χ0v) is 22.1. The average Bonchev–Trinajstić information content (AvgIpc) is 3.29. The van der Waals surface area contributed by atoms with Crippen LogP contribution in [0.3, 0.4) is 0 Å². The number of esters is 1. The zero-order valence-electron chi connectivity index (χ0n) is 22.1. The summed E-state index contributed by atoms with van der Waals surface area (Å²) in [6, 6.07) is 13.3. The maximum absolute atomic E-state index is 12.7. The number of carbonyl (C=O) groups is 2. The molecular formula is C29H34N4O4. The van der Waals surface area contributed by atoms with Crippen LogP contribution in [0.4, 0.5) is 0 Å². The third kappa shape index (κ3) is 6.51. The van der Waals surface area contributed by atoms with Crippen LogP contribution in [0.2, 0.25) is 0 Å². The van der Waals surface area contributed by atoms with Gasteiger partial charge in [-0.25, -0.2) is 14.8 Å². The summed E-state index contributed by atoms with van der Waals surface area (Å²) < 4.78 is 10.8. The Kier molecular flexibility index (Phi) is 7.88. The predicted molar refractivity (Wildman–Crippen MR) is 140 cm³/mol. The molecule has 37 heavy (non-hydrogen) atoms. The van der Waals surface area contributed by atoms with Crippen LogP contribution < -0.4 is 15.4 Å². The lowest BCUT2D eigenvalue weighted by Gasteiger charge is -2.21. The van der Waals surface area contributed by atoms with E-state index < -0.39 is 5.60 Å². The Hall–Kier alpha value is -3.78. The van der Waals surface area contributed by atoms with Gasteiger partial charge in [0.15, 0.2) is 0 Å². The minimum atomic E-state index is -0.533. The summed E-state index contributed by atoms with van der Waals surface area (Å²) in [5.41, 5.74) is 5.44. The fourth-order valence-corrected chi connectivity index (χ4v) is 4.55. The number of nitrogens with one attached hydrogen (secondary N) is 2. The van der Waals surface area contributed by atoms with Crippen molar-refractivity contribution in [2.24, 2.45) is 0 Å². The zero-order chi connectivity index (χ0) is 26.6. The minimum Gasteiger partial charge on any atom is -0.497 e. The van der Waals surface area contributed by atoms with E-state index in [1.807, 2.05) is 64.1 Å². The van der Waals surface area contributed by atoms with E-state index in [-0.39, 0.29) is 17.9 Å². The molecule has 3 aromatic rings. The molecule has 1 aliphatic rings. The molecule has 8 heteroatoms. The second kappa shape index (κ2) is 11.1. The van der Waals surface area contributed by atoms with Crippen molar-refractivity contribution in [2.75, 3.05) is 7.11 Å². The first kappa shape index (κ1) is 26.3. The molecule has 4 rings (SSSR count). The molecule has 8 nitrogen and oxygen atoms in total. The first-order valence-electron chi connectivity index (χ1n) is 12.5. The molecule has 1 aromatic heterocycles. The maximum atomic E-state index is 12.7. The van der Waals surface area contributed by atoms with E-state index in [9.17, 15) is 9.59 Å². The van der Waals surface area contributed by atoms with Crippen LogP contribution in [-0.2, 0) is 24.2 Å². The molecule has 0 aliphatic heterocycles. The van der Waals surface area contributed by atoms with Gasteiger partial charge >= 0.3 is 5.97 Å². The molecule has 0 saturated heterocycles. The third-order valence-corrected chi connectivity index (χ3v) is 6.39. The number of carbonyl (C=O) groups excluding carboxylic acids is 2. The molecule has 1 atom stereocenters. The fraction of sp³-hybridized carbons (Fsp3) is 0.379. The first-order chi connectivity index (χ1) is 17.6. The molecule has 1 amide bonds. The summed E-state index contributed by atoms with van der Waals surface area (Å²) in [5, 5.41) is 6.45. The SMILES string of the molecule is COc1cccc(CNC(=O)c2cc(CNC3CCc4c3ccc(C(=O)OC(C)(C)C)c4C)ncn2)c1. The van der Waals surface area contributed by atoms with Crippen molar-refractivity contribution >= 4 is 11.9 Å².